The van der Waals surface area contributed by atoms with E-state index in [1.807, 2.05) is 13.0 Å². The highest BCUT2D eigenvalue weighted by Gasteiger charge is 2.11. The van der Waals surface area contributed by atoms with E-state index in [9.17, 15) is 9.59 Å². The minimum Gasteiger partial charge on any atom is -0.373 e. The summed E-state index contributed by atoms with van der Waals surface area (Å²) in [4.78, 5) is 27.1. The van der Waals surface area contributed by atoms with Crippen LogP contribution in [0.2, 0.25) is 0 Å². The molecular weight excluding hydrogens is 292 g/mol. The molecule has 0 unspecified atom stereocenters. The van der Waals surface area contributed by atoms with Gasteiger partial charge in [-0.25, -0.2) is 4.98 Å². The molecule has 1 aromatic carbocycles. The molecule has 2 aromatic rings. The molecule has 1 heterocycles. The topological polar surface area (TPSA) is 83.1 Å². The van der Waals surface area contributed by atoms with Crippen LogP contribution in [0.4, 0.5) is 17.2 Å². The molecule has 0 bridgehead atoms. The third-order valence-electron chi connectivity index (χ3n) is 3.35. The van der Waals surface area contributed by atoms with E-state index in [4.69, 9.17) is 0 Å². The molecule has 118 valence electrons. The molecule has 2 rings (SSSR count). The SMILES string of the molecule is C=Cc1cc(C(=O)Nc2cc(NC=O)ccc2C)cnc1NC. The van der Waals surface area contributed by atoms with Crippen LogP contribution >= 0.6 is 0 Å². The molecule has 6 heteroatoms. The number of carbonyl (C=O) groups excluding carboxylic acids is 2. The maximum atomic E-state index is 12.4. The Hall–Kier alpha value is -3.15. The number of aromatic nitrogens is 1. The van der Waals surface area contributed by atoms with Gasteiger partial charge in [-0.2, -0.15) is 0 Å². The van der Waals surface area contributed by atoms with Gasteiger partial charge >= 0.3 is 0 Å². The number of rotatable bonds is 6. The van der Waals surface area contributed by atoms with Crippen molar-refractivity contribution in [3.63, 3.8) is 0 Å². The second-order valence-corrected chi connectivity index (χ2v) is 4.86. The molecule has 6 nitrogen and oxygen atoms in total. The van der Waals surface area contributed by atoms with Crippen molar-refractivity contribution < 1.29 is 9.59 Å². The van der Waals surface area contributed by atoms with Crippen LogP contribution in [0.5, 0.6) is 0 Å². The first-order chi connectivity index (χ1) is 11.1. The van der Waals surface area contributed by atoms with Gasteiger partial charge in [0.2, 0.25) is 6.41 Å². The highest BCUT2D eigenvalue weighted by Crippen LogP contribution is 2.21. The summed E-state index contributed by atoms with van der Waals surface area (Å²) in [6.07, 6.45) is 3.72. The van der Waals surface area contributed by atoms with Crippen LogP contribution in [0.1, 0.15) is 21.5 Å². The number of benzene rings is 1. The summed E-state index contributed by atoms with van der Waals surface area (Å²) in [5, 5.41) is 8.32. The van der Waals surface area contributed by atoms with Gasteiger partial charge in [0.1, 0.15) is 5.82 Å². The summed E-state index contributed by atoms with van der Waals surface area (Å²) in [6.45, 7) is 5.59. The molecule has 23 heavy (non-hydrogen) atoms. The first kappa shape index (κ1) is 16.2. The molecule has 3 N–H and O–H groups in total. The smallest absolute Gasteiger partial charge is 0.257 e. The van der Waals surface area contributed by atoms with E-state index in [0.717, 1.165) is 11.1 Å². The molecule has 0 aliphatic rings. The largest absolute Gasteiger partial charge is 0.373 e. The summed E-state index contributed by atoms with van der Waals surface area (Å²) >= 11 is 0. The lowest BCUT2D eigenvalue weighted by Gasteiger charge is -2.11. The molecule has 0 spiro atoms. The summed E-state index contributed by atoms with van der Waals surface area (Å²) in [6, 6.07) is 6.99. The quantitative estimate of drug-likeness (QED) is 0.716. The number of amides is 2. The predicted octanol–water partition coefficient (Wildman–Crippen LogP) is 2.90. The first-order valence-corrected chi connectivity index (χ1v) is 7.01. The lowest BCUT2D eigenvalue weighted by atomic mass is 10.1. The van der Waals surface area contributed by atoms with Crippen molar-refractivity contribution in [2.24, 2.45) is 0 Å². The van der Waals surface area contributed by atoms with Crippen molar-refractivity contribution in [1.29, 1.82) is 0 Å². The van der Waals surface area contributed by atoms with Crippen molar-refractivity contribution in [2.45, 2.75) is 6.92 Å². The molecule has 0 radical (unpaired) electrons. The second-order valence-electron chi connectivity index (χ2n) is 4.86. The summed E-state index contributed by atoms with van der Waals surface area (Å²) in [5.41, 5.74) is 3.29. The van der Waals surface area contributed by atoms with Crippen molar-refractivity contribution >= 4 is 35.6 Å². The maximum absolute atomic E-state index is 12.4. The molecular formula is C17H18N4O2. The van der Waals surface area contributed by atoms with Crippen LogP contribution in [0, 0.1) is 6.92 Å². The average Bonchev–Trinajstić information content (AvgIpc) is 2.57. The Kier molecular flexibility index (Phi) is 5.09. The number of nitrogens with zero attached hydrogens (tertiary/aromatic N) is 1. The summed E-state index contributed by atoms with van der Waals surface area (Å²) < 4.78 is 0. The van der Waals surface area contributed by atoms with Gasteiger partial charge in [-0.15, -0.1) is 0 Å². The highest BCUT2D eigenvalue weighted by molar-refractivity contribution is 6.05. The fraction of sp³-hybridized carbons (Fsp3) is 0.118. The van der Waals surface area contributed by atoms with Crippen LogP contribution in [-0.4, -0.2) is 24.3 Å². The number of pyridine rings is 1. The minimum atomic E-state index is -0.283. The van der Waals surface area contributed by atoms with Gasteiger partial charge < -0.3 is 16.0 Å². The molecule has 0 saturated carbocycles. The fourth-order valence-corrected chi connectivity index (χ4v) is 2.08. The van der Waals surface area contributed by atoms with E-state index in [1.165, 1.54) is 6.20 Å². The van der Waals surface area contributed by atoms with E-state index in [1.54, 1.807) is 31.3 Å². The lowest BCUT2D eigenvalue weighted by Crippen LogP contribution is -2.14. The van der Waals surface area contributed by atoms with Crippen molar-refractivity contribution in [1.82, 2.24) is 4.98 Å². The zero-order valence-corrected chi connectivity index (χ0v) is 13.0. The zero-order valence-electron chi connectivity index (χ0n) is 13.0. The Labute approximate surface area is 134 Å². The van der Waals surface area contributed by atoms with Crippen LogP contribution in [0.15, 0.2) is 37.0 Å². The Morgan fingerprint density at radius 1 is 1.30 bits per heavy atom. The number of hydrogen-bond acceptors (Lipinski definition) is 4. The number of hydrogen-bond donors (Lipinski definition) is 3. The van der Waals surface area contributed by atoms with Gasteiger partial charge in [0.05, 0.1) is 5.56 Å². The van der Waals surface area contributed by atoms with Crippen LogP contribution in [0.25, 0.3) is 6.08 Å². The Morgan fingerprint density at radius 2 is 2.09 bits per heavy atom. The monoisotopic (exact) mass is 310 g/mol. The standard InChI is InChI=1S/C17H18N4O2/c1-4-12-7-13(9-19-16(12)18-3)17(23)21-15-8-14(20-10-22)6-5-11(15)2/h4-10H,1H2,2-3H3,(H,18,19)(H,20,22)(H,21,23). The third-order valence-corrected chi connectivity index (χ3v) is 3.35. The average molecular weight is 310 g/mol. The van der Waals surface area contributed by atoms with Crippen LogP contribution < -0.4 is 16.0 Å². The van der Waals surface area contributed by atoms with Gasteiger partial charge in [0.25, 0.3) is 5.91 Å². The lowest BCUT2D eigenvalue weighted by molar-refractivity contribution is -0.105. The van der Waals surface area contributed by atoms with Gasteiger partial charge in [-0.1, -0.05) is 18.7 Å². The van der Waals surface area contributed by atoms with Crippen molar-refractivity contribution in [2.75, 3.05) is 23.0 Å². The van der Waals surface area contributed by atoms with Gasteiger partial charge in [0, 0.05) is 30.2 Å². The van der Waals surface area contributed by atoms with Gasteiger partial charge in [-0.3, -0.25) is 9.59 Å². The molecule has 0 aliphatic heterocycles. The minimum absolute atomic E-state index is 0.283. The summed E-state index contributed by atoms with van der Waals surface area (Å²) in [5.74, 6) is 0.375. The van der Waals surface area contributed by atoms with Gasteiger partial charge in [0.15, 0.2) is 0 Å². The second kappa shape index (κ2) is 7.22. The van der Waals surface area contributed by atoms with Crippen molar-refractivity contribution in [3.8, 4) is 0 Å². The van der Waals surface area contributed by atoms with Crippen LogP contribution in [-0.2, 0) is 4.79 Å². The van der Waals surface area contributed by atoms with E-state index in [-0.39, 0.29) is 5.91 Å². The molecule has 2 amide bonds. The Bertz CT molecular complexity index is 756. The predicted molar refractivity (Wildman–Crippen MR) is 92.7 cm³/mol. The number of nitrogens with one attached hydrogen (secondary N) is 3. The number of anilines is 3. The maximum Gasteiger partial charge on any atom is 0.257 e. The van der Waals surface area contributed by atoms with E-state index in [2.05, 4.69) is 27.5 Å². The zero-order chi connectivity index (χ0) is 16.8. The molecule has 1 aromatic heterocycles. The number of carbonyl (C=O) groups is 2. The summed E-state index contributed by atoms with van der Waals surface area (Å²) in [7, 11) is 1.75. The molecule has 0 aliphatic carbocycles. The molecule has 0 atom stereocenters. The first-order valence-electron chi connectivity index (χ1n) is 7.01. The van der Waals surface area contributed by atoms with Gasteiger partial charge in [-0.05, 0) is 30.7 Å². The normalized spacial score (nSPS) is 9.83. The Balaban J connectivity index is 2.27. The van der Waals surface area contributed by atoms with E-state index < -0.39 is 0 Å². The number of aryl methyl sites for hydroxylation is 1. The highest BCUT2D eigenvalue weighted by atomic mass is 16.1. The molecule has 0 fully saturated rings. The van der Waals surface area contributed by atoms with Crippen molar-refractivity contribution in [3.05, 3.63) is 53.7 Å². The molecule has 0 saturated heterocycles. The Morgan fingerprint density at radius 3 is 2.74 bits per heavy atom. The van der Waals surface area contributed by atoms with E-state index in [0.29, 0.717) is 29.2 Å². The third kappa shape index (κ3) is 3.74. The van der Waals surface area contributed by atoms with E-state index >= 15 is 0 Å². The fourth-order valence-electron chi connectivity index (χ4n) is 2.08. The van der Waals surface area contributed by atoms with Crippen LogP contribution in [0.3, 0.4) is 0 Å².